The van der Waals surface area contributed by atoms with Crippen molar-refractivity contribution in [1.82, 2.24) is 14.8 Å². The zero-order chi connectivity index (χ0) is 18.6. The number of rotatable bonds is 2. The minimum atomic E-state index is -0.468. The van der Waals surface area contributed by atoms with Crippen LogP contribution in [-0.4, -0.2) is 32.8 Å². The number of ether oxygens (including phenoxy) is 1. The molecule has 2 aliphatic rings. The number of aromatic nitrogens is 3. The first-order valence-corrected chi connectivity index (χ1v) is 8.41. The second-order valence-electron chi connectivity index (χ2n) is 7.53. The summed E-state index contributed by atoms with van der Waals surface area (Å²) in [5.74, 6) is 1.08. The van der Waals surface area contributed by atoms with Crippen LogP contribution >= 0.6 is 0 Å². The standard InChI is InChI=1S/C18H21N5O3/c1-18(2)7-10-14(12(25)8-18)15(23-17(20-10)21-16(19)22-23)9-4-5-11(24)13(6-9)26-3/h4-6,15,24H,7-8H2,1-3H3,(H3,19,20,21,22)/t15-/m0/s1. The smallest absolute Gasteiger partial charge is 0.241 e. The summed E-state index contributed by atoms with van der Waals surface area (Å²) in [7, 11) is 1.49. The number of hydrogen-bond acceptors (Lipinski definition) is 7. The van der Waals surface area contributed by atoms with E-state index in [1.54, 1.807) is 22.9 Å². The van der Waals surface area contributed by atoms with Crippen LogP contribution in [-0.2, 0) is 4.79 Å². The van der Waals surface area contributed by atoms with Gasteiger partial charge in [0.05, 0.1) is 7.11 Å². The molecular weight excluding hydrogens is 334 g/mol. The van der Waals surface area contributed by atoms with Gasteiger partial charge in [0.2, 0.25) is 11.9 Å². The van der Waals surface area contributed by atoms with Crippen molar-refractivity contribution in [2.24, 2.45) is 5.41 Å². The molecule has 26 heavy (non-hydrogen) atoms. The van der Waals surface area contributed by atoms with E-state index in [9.17, 15) is 9.90 Å². The number of nitrogens with two attached hydrogens (primary N) is 1. The summed E-state index contributed by atoms with van der Waals surface area (Å²) in [6.07, 6.45) is 1.19. The van der Waals surface area contributed by atoms with E-state index in [0.29, 0.717) is 23.7 Å². The Labute approximate surface area is 150 Å². The van der Waals surface area contributed by atoms with Gasteiger partial charge in [-0.05, 0) is 29.5 Å². The largest absolute Gasteiger partial charge is 0.504 e. The Morgan fingerprint density at radius 2 is 2.15 bits per heavy atom. The molecule has 8 heteroatoms. The normalized spacial score (nSPS) is 21.0. The molecule has 0 saturated carbocycles. The molecule has 0 spiro atoms. The number of benzene rings is 1. The molecular formula is C18H21N5O3. The van der Waals surface area contributed by atoms with Crippen molar-refractivity contribution in [1.29, 1.82) is 0 Å². The predicted octanol–water partition coefficient (Wildman–Crippen LogP) is 2.23. The van der Waals surface area contributed by atoms with Crippen LogP contribution in [0.2, 0.25) is 0 Å². The van der Waals surface area contributed by atoms with Gasteiger partial charge in [0.1, 0.15) is 6.04 Å². The number of phenolic OH excluding ortho intramolecular Hbond substituents is 1. The van der Waals surface area contributed by atoms with Crippen LogP contribution in [0.25, 0.3) is 0 Å². The maximum absolute atomic E-state index is 13.0. The van der Waals surface area contributed by atoms with Crippen LogP contribution in [0.5, 0.6) is 11.5 Å². The Morgan fingerprint density at radius 3 is 2.88 bits per heavy atom. The van der Waals surface area contributed by atoms with Gasteiger partial charge in [0, 0.05) is 17.7 Å². The Balaban J connectivity index is 1.92. The summed E-state index contributed by atoms with van der Waals surface area (Å²) in [6, 6.07) is 4.55. The maximum atomic E-state index is 13.0. The lowest BCUT2D eigenvalue weighted by molar-refractivity contribution is -0.118. The van der Waals surface area contributed by atoms with E-state index < -0.39 is 6.04 Å². The summed E-state index contributed by atoms with van der Waals surface area (Å²) < 4.78 is 6.85. The fourth-order valence-corrected chi connectivity index (χ4v) is 3.80. The third-order valence-electron chi connectivity index (χ3n) is 4.87. The van der Waals surface area contributed by atoms with Crippen molar-refractivity contribution < 1.29 is 14.6 Å². The molecule has 0 unspecified atom stereocenters. The Kier molecular flexibility index (Phi) is 3.47. The molecule has 2 heterocycles. The Bertz CT molecular complexity index is 944. The van der Waals surface area contributed by atoms with Gasteiger partial charge in [0.25, 0.3) is 0 Å². The minimum Gasteiger partial charge on any atom is -0.504 e. The molecule has 0 saturated heterocycles. The Morgan fingerprint density at radius 1 is 1.38 bits per heavy atom. The number of methoxy groups -OCH3 is 1. The van der Waals surface area contributed by atoms with Crippen molar-refractivity contribution in [3.8, 4) is 11.5 Å². The number of carbonyl (C=O) groups is 1. The van der Waals surface area contributed by atoms with Crippen LogP contribution < -0.4 is 15.8 Å². The molecule has 2 aromatic rings. The number of ketones is 1. The second kappa shape index (κ2) is 5.48. The Hall–Kier alpha value is -3.03. The number of carbonyl (C=O) groups excluding carboxylic acids is 1. The van der Waals surface area contributed by atoms with Gasteiger partial charge >= 0.3 is 0 Å². The summed E-state index contributed by atoms with van der Waals surface area (Å²) in [5.41, 5.74) is 7.96. The van der Waals surface area contributed by atoms with Gasteiger partial charge in [-0.25, -0.2) is 4.68 Å². The lowest BCUT2D eigenvalue weighted by atomic mass is 9.73. The van der Waals surface area contributed by atoms with E-state index in [1.807, 2.05) is 0 Å². The summed E-state index contributed by atoms with van der Waals surface area (Å²) in [4.78, 5) is 17.2. The first-order chi connectivity index (χ1) is 12.3. The van der Waals surface area contributed by atoms with Crippen LogP contribution in [0.1, 0.15) is 38.3 Å². The fourth-order valence-electron chi connectivity index (χ4n) is 3.80. The predicted molar refractivity (Wildman–Crippen MR) is 95.9 cm³/mol. The average Bonchev–Trinajstić information content (AvgIpc) is 2.92. The molecule has 0 bridgehead atoms. The third-order valence-corrected chi connectivity index (χ3v) is 4.87. The lowest BCUT2D eigenvalue weighted by Gasteiger charge is -2.38. The van der Waals surface area contributed by atoms with E-state index in [4.69, 9.17) is 10.5 Å². The highest BCUT2D eigenvalue weighted by molar-refractivity contribution is 6.00. The summed E-state index contributed by atoms with van der Waals surface area (Å²) in [6.45, 7) is 4.14. The SMILES string of the molecule is COc1cc([C@H]2C3=C(CC(C)(C)CC3=O)Nc3nc(N)nn32)ccc1O. The quantitative estimate of drug-likeness (QED) is 0.756. The molecule has 1 atom stereocenters. The molecule has 1 aromatic heterocycles. The van der Waals surface area contributed by atoms with Gasteiger partial charge in [-0.3, -0.25) is 4.79 Å². The molecule has 1 aromatic carbocycles. The number of aromatic hydroxyl groups is 1. The van der Waals surface area contributed by atoms with Crippen LogP contribution in [0, 0.1) is 5.41 Å². The van der Waals surface area contributed by atoms with E-state index in [-0.39, 0.29) is 22.9 Å². The summed E-state index contributed by atoms with van der Waals surface area (Å²) in [5, 5.41) is 17.4. The van der Waals surface area contributed by atoms with E-state index in [2.05, 4.69) is 29.2 Å². The fraction of sp³-hybridized carbons (Fsp3) is 0.389. The first-order valence-electron chi connectivity index (χ1n) is 8.41. The number of phenols is 1. The van der Waals surface area contributed by atoms with Crippen molar-refractivity contribution in [2.75, 3.05) is 18.2 Å². The molecule has 0 radical (unpaired) electrons. The number of hydrogen-bond donors (Lipinski definition) is 3. The zero-order valence-corrected chi connectivity index (χ0v) is 14.9. The van der Waals surface area contributed by atoms with Gasteiger partial charge in [-0.2, -0.15) is 4.98 Å². The number of anilines is 2. The lowest BCUT2D eigenvalue weighted by Crippen LogP contribution is -2.36. The molecule has 0 amide bonds. The van der Waals surface area contributed by atoms with Crippen LogP contribution in [0.4, 0.5) is 11.9 Å². The van der Waals surface area contributed by atoms with E-state index >= 15 is 0 Å². The van der Waals surface area contributed by atoms with Gasteiger partial charge < -0.3 is 20.9 Å². The number of nitrogens with zero attached hydrogens (tertiary/aromatic N) is 3. The highest BCUT2D eigenvalue weighted by Gasteiger charge is 2.41. The number of nitrogen functional groups attached to an aromatic ring is 1. The molecule has 1 aliphatic carbocycles. The number of fused-ring (bicyclic) bond motifs is 1. The topological polar surface area (TPSA) is 115 Å². The van der Waals surface area contributed by atoms with Crippen LogP contribution in [0.3, 0.4) is 0 Å². The highest BCUT2D eigenvalue weighted by atomic mass is 16.5. The van der Waals surface area contributed by atoms with Gasteiger partial charge in [0.15, 0.2) is 17.3 Å². The van der Waals surface area contributed by atoms with Gasteiger partial charge in [-0.1, -0.05) is 19.9 Å². The van der Waals surface area contributed by atoms with Crippen molar-refractivity contribution >= 4 is 17.7 Å². The number of Topliss-reactive ketones (excluding diaryl/α,β-unsaturated/α-hetero) is 1. The zero-order valence-electron chi connectivity index (χ0n) is 14.9. The van der Waals surface area contributed by atoms with Crippen molar-refractivity contribution in [3.63, 3.8) is 0 Å². The first kappa shape index (κ1) is 16.4. The number of allylic oxidation sites excluding steroid dienone is 2. The molecule has 1 aliphatic heterocycles. The molecule has 4 rings (SSSR count). The maximum Gasteiger partial charge on any atom is 0.241 e. The second-order valence-corrected chi connectivity index (χ2v) is 7.53. The highest BCUT2D eigenvalue weighted by Crippen LogP contribution is 2.46. The van der Waals surface area contributed by atoms with Gasteiger partial charge in [-0.15, -0.1) is 5.10 Å². The summed E-state index contributed by atoms with van der Waals surface area (Å²) >= 11 is 0. The molecule has 4 N–H and O–H groups in total. The van der Waals surface area contributed by atoms with E-state index in [0.717, 1.165) is 17.7 Å². The van der Waals surface area contributed by atoms with E-state index in [1.165, 1.54) is 7.11 Å². The molecule has 0 fully saturated rings. The molecule has 136 valence electrons. The minimum absolute atomic E-state index is 0.0359. The third kappa shape index (κ3) is 2.49. The monoisotopic (exact) mass is 355 g/mol. The average molecular weight is 355 g/mol. The van der Waals surface area contributed by atoms with Crippen molar-refractivity contribution in [3.05, 3.63) is 35.0 Å². The molecule has 8 nitrogen and oxygen atoms in total. The number of nitrogens with one attached hydrogen (secondary N) is 1. The van der Waals surface area contributed by atoms with Crippen molar-refractivity contribution in [2.45, 2.75) is 32.7 Å². The van der Waals surface area contributed by atoms with Crippen LogP contribution in [0.15, 0.2) is 29.5 Å².